The highest BCUT2D eigenvalue weighted by molar-refractivity contribution is 6.02. The summed E-state index contributed by atoms with van der Waals surface area (Å²) >= 11 is 0. The lowest BCUT2D eigenvalue weighted by atomic mass is 10.1. The van der Waals surface area contributed by atoms with Crippen LogP contribution in [0.15, 0.2) is 24.3 Å². The van der Waals surface area contributed by atoms with Gasteiger partial charge in [0.2, 0.25) is 5.78 Å². The van der Waals surface area contributed by atoms with E-state index in [1.165, 1.54) is 0 Å². The van der Waals surface area contributed by atoms with E-state index in [9.17, 15) is 14.9 Å². The highest BCUT2D eigenvalue weighted by Crippen LogP contribution is 2.18. The molecule has 0 aliphatic heterocycles. The molecule has 0 radical (unpaired) electrons. The van der Waals surface area contributed by atoms with E-state index in [-0.39, 0.29) is 0 Å². The Kier molecular flexibility index (Phi) is 3.38. The van der Waals surface area contributed by atoms with Crippen LogP contribution in [0.25, 0.3) is 0 Å². The molecule has 80 valence electrons. The predicted molar refractivity (Wildman–Crippen MR) is 57.0 cm³/mol. The molecule has 0 bridgehead atoms. The molecule has 5 nitrogen and oxygen atoms in total. The molecule has 1 aromatic carbocycles. The molecule has 0 saturated heterocycles. The molecule has 0 aliphatic carbocycles. The average Bonchev–Trinajstić information content (AvgIpc) is 2.16. The third kappa shape index (κ3) is 2.77. The average molecular weight is 208 g/mol. The number of Topliss-reactive ketones (excluding diaryl/α,β-unsaturated/α-hetero) is 1. The van der Waals surface area contributed by atoms with Crippen molar-refractivity contribution in [1.29, 1.82) is 0 Å². The van der Waals surface area contributed by atoms with Gasteiger partial charge in [0.15, 0.2) is 0 Å². The van der Waals surface area contributed by atoms with E-state index in [1.54, 1.807) is 43.3 Å². The second kappa shape index (κ2) is 4.54. The lowest BCUT2D eigenvalue weighted by molar-refractivity contribution is -0.465. The van der Waals surface area contributed by atoms with Crippen LogP contribution in [0.1, 0.15) is 10.4 Å². The summed E-state index contributed by atoms with van der Waals surface area (Å²) in [4.78, 5) is 22.9. The third-order valence-electron chi connectivity index (χ3n) is 1.96. The van der Waals surface area contributed by atoms with Gasteiger partial charge in [-0.2, -0.15) is 0 Å². The number of hydrogen-bond acceptors (Lipinski definition) is 4. The van der Waals surface area contributed by atoms with E-state index in [0.29, 0.717) is 11.3 Å². The van der Waals surface area contributed by atoms with Crippen molar-refractivity contribution in [3.63, 3.8) is 0 Å². The molecule has 0 saturated carbocycles. The van der Waals surface area contributed by atoms with Crippen LogP contribution in [0.2, 0.25) is 0 Å². The first-order chi connectivity index (χ1) is 7.02. The predicted octanol–water partition coefficient (Wildman–Crippen LogP) is 1.21. The minimum Gasteiger partial charge on any atom is -0.377 e. The van der Waals surface area contributed by atoms with Crippen LogP contribution in [0.5, 0.6) is 0 Å². The summed E-state index contributed by atoms with van der Waals surface area (Å²) in [6, 6.07) is 6.84. The number of anilines is 1. The molecule has 1 rings (SSSR count). The smallest absolute Gasteiger partial charge is 0.265 e. The molecule has 0 fully saturated rings. The van der Waals surface area contributed by atoms with Gasteiger partial charge in [-0.25, -0.2) is 0 Å². The summed E-state index contributed by atoms with van der Waals surface area (Å²) < 4.78 is 0. The summed E-state index contributed by atoms with van der Waals surface area (Å²) in [5.41, 5.74) is 1.09. The number of benzene rings is 1. The molecule has 0 atom stereocenters. The molecule has 0 aromatic heterocycles. The Balaban J connectivity index is 3.02. The SMILES string of the molecule is CN(C)c1ccccc1C(=O)C[N+](=O)[O-]. The Morgan fingerprint density at radius 3 is 2.53 bits per heavy atom. The van der Waals surface area contributed by atoms with E-state index < -0.39 is 17.3 Å². The Hall–Kier alpha value is -1.91. The van der Waals surface area contributed by atoms with Gasteiger partial charge in [-0.15, -0.1) is 0 Å². The van der Waals surface area contributed by atoms with Crippen molar-refractivity contribution in [2.45, 2.75) is 0 Å². The van der Waals surface area contributed by atoms with Crippen molar-refractivity contribution in [1.82, 2.24) is 0 Å². The van der Waals surface area contributed by atoms with Crippen molar-refractivity contribution in [3.05, 3.63) is 39.9 Å². The zero-order chi connectivity index (χ0) is 11.4. The Labute approximate surface area is 87.5 Å². The van der Waals surface area contributed by atoms with Gasteiger partial charge >= 0.3 is 0 Å². The topological polar surface area (TPSA) is 63.5 Å². The summed E-state index contributed by atoms with van der Waals surface area (Å²) in [7, 11) is 3.58. The van der Waals surface area contributed by atoms with Crippen molar-refractivity contribution in [2.24, 2.45) is 0 Å². The minimum absolute atomic E-state index is 0.388. The van der Waals surface area contributed by atoms with Gasteiger partial charge in [-0.1, -0.05) is 12.1 Å². The largest absolute Gasteiger partial charge is 0.377 e. The molecule has 1 aromatic rings. The van der Waals surface area contributed by atoms with Gasteiger partial charge in [-0.3, -0.25) is 14.9 Å². The second-order valence-corrected chi connectivity index (χ2v) is 3.33. The van der Waals surface area contributed by atoms with Crippen LogP contribution in [0.4, 0.5) is 5.69 Å². The zero-order valence-corrected chi connectivity index (χ0v) is 8.64. The number of nitrogens with zero attached hydrogens (tertiary/aromatic N) is 2. The number of rotatable bonds is 4. The fraction of sp³-hybridized carbons (Fsp3) is 0.300. The van der Waals surface area contributed by atoms with Crippen LogP contribution in [-0.2, 0) is 0 Å². The number of carbonyl (C=O) groups is 1. The van der Waals surface area contributed by atoms with Crippen molar-refractivity contribution in [2.75, 3.05) is 25.5 Å². The molecule has 0 N–H and O–H groups in total. The summed E-state index contributed by atoms with van der Waals surface area (Å²) in [5.74, 6) is -0.468. The monoisotopic (exact) mass is 208 g/mol. The summed E-state index contributed by atoms with van der Waals surface area (Å²) in [6.07, 6.45) is 0. The molecular formula is C10H12N2O3. The number of ketones is 1. The lowest BCUT2D eigenvalue weighted by Crippen LogP contribution is -2.18. The normalized spacial score (nSPS) is 9.73. The second-order valence-electron chi connectivity index (χ2n) is 3.33. The van der Waals surface area contributed by atoms with E-state index in [2.05, 4.69) is 0 Å². The summed E-state index contributed by atoms with van der Waals surface area (Å²) in [6.45, 7) is -0.662. The maximum absolute atomic E-state index is 11.5. The first-order valence-corrected chi connectivity index (χ1v) is 4.43. The lowest BCUT2D eigenvalue weighted by Gasteiger charge is -2.15. The fourth-order valence-corrected chi connectivity index (χ4v) is 1.30. The highest BCUT2D eigenvalue weighted by Gasteiger charge is 2.16. The third-order valence-corrected chi connectivity index (χ3v) is 1.96. The first kappa shape index (κ1) is 11.2. The Morgan fingerprint density at radius 2 is 2.00 bits per heavy atom. The van der Waals surface area contributed by atoms with E-state index in [0.717, 1.165) is 0 Å². The molecule has 5 heteroatoms. The van der Waals surface area contributed by atoms with E-state index in [1.807, 2.05) is 0 Å². The van der Waals surface area contributed by atoms with Crippen molar-refractivity contribution < 1.29 is 9.72 Å². The Morgan fingerprint density at radius 1 is 1.40 bits per heavy atom. The number of nitro groups is 1. The van der Waals surface area contributed by atoms with Crippen LogP contribution in [-0.4, -0.2) is 31.3 Å². The number of carbonyl (C=O) groups excluding carboxylic acids is 1. The summed E-state index contributed by atoms with van der Waals surface area (Å²) in [5, 5.41) is 10.2. The van der Waals surface area contributed by atoms with E-state index >= 15 is 0 Å². The van der Waals surface area contributed by atoms with Crippen LogP contribution >= 0.6 is 0 Å². The molecule has 0 unspecified atom stereocenters. The van der Waals surface area contributed by atoms with Gasteiger partial charge in [0.25, 0.3) is 6.54 Å². The first-order valence-electron chi connectivity index (χ1n) is 4.43. The molecule has 15 heavy (non-hydrogen) atoms. The van der Waals surface area contributed by atoms with Crippen molar-refractivity contribution in [3.8, 4) is 0 Å². The molecule has 0 amide bonds. The molecule has 0 heterocycles. The quantitative estimate of drug-likeness (QED) is 0.424. The van der Waals surface area contributed by atoms with E-state index in [4.69, 9.17) is 0 Å². The standard InChI is InChI=1S/C10H12N2O3/c1-11(2)9-6-4-3-5-8(9)10(13)7-12(14)15/h3-6H,7H2,1-2H3. The molecule has 0 spiro atoms. The Bertz CT molecular complexity index is 388. The molecule has 0 aliphatic rings. The van der Waals surface area contributed by atoms with Gasteiger partial charge in [0.1, 0.15) is 0 Å². The van der Waals surface area contributed by atoms with Gasteiger partial charge in [-0.05, 0) is 12.1 Å². The van der Waals surface area contributed by atoms with Gasteiger partial charge in [0.05, 0.1) is 0 Å². The number of para-hydroxylation sites is 1. The zero-order valence-electron chi connectivity index (χ0n) is 8.64. The minimum atomic E-state index is -0.662. The van der Waals surface area contributed by atoms with Crippen molar-refractivity contribution >= 4 is 11.5 Å². The number of hydrogen-bond donors (Lipinski definition) is 0. The highest BCUT2D eigenvalue weighted by atomic mass is 16.6. The van der Waals surface area contributed by atoms with Gasteiger partial charge < -0.3 is 4.90 Å². The van der Waals surface area contributed by atoms with Crippen LogP contribution < -0.4 is 4.90 Å². The fourth-order valence-electron chi connectivity index (χ4n) is 1.30. The maximum atomic E-state index is 11.5. The molecular weight excluding hydrogens is 196 g/mol. The maximum Gasteiger partial charge on any atom is 0.265 e. The van der Waals surface area contributed by atoms with Gasteiger partial charge in [0, 0.05) is 30.3 Å². The van der Waals surface area contributed by atoms with Crippen LogP contribution in [0, 0.1) is 10.1 Å². The van der Waals surface area contributed by atoms with Crippen LogP contribution in [0.3, 0.4) is 0 Å².